The molecule has 0 radical (unpaired) electrons. The maximum atomic E-state index is 13.3. The van der Waals surface area contributed by atoms with E-state index in [9.17, 15) is 4.79 Å². The Labute approximate surface area is 160 Å². The van der Waals surface area contributed by atoms with Gasteiger partial charge in [-0.05, 0) is 63.8 Å². The fraction of sp³-hybridized carbons (Fsp3) is 0.500. The van der Waals surface area contributed by atoms with E-state index in [0.29, 0.717) is 6.61 Å². The molecule has 0 fully saturated rings. The number of nitrogens with one attached hydrogen (secondary N) is 1. The van der Waals surface area contributed by atoms with E-state index in [1.807, 2.05) is 38.1 Å². The highest BCUT2D eigenvalue weighted by Gasteiger charge is 2.22. The largest absolute Gasteiger partial charge is 0.494 e. The molecule has 0 unspecified atom stereocenters. The summed E-state index contributed by atoms with van der Waals surface area (Å²) in [6, 6.07) is 7.63. The lowest BCUT2D eigenvalue weighted by atomic mass is 9.96. The van der Waals surface area contributed by atoms with E-state index in [4.69, 9.17) is 9.72 Å². The molecular formula is C20H27N3O2S. The predicted molar refractivity (Wildman–Crippen MR) is 108 cm³/mol. The van der Waals surface area contributed by atoms with E-state index >= 15 is 0 Å². The third-order valence-electron chi connectivity index (χ3n) is 4.73. The number of rotatable bonds is 7. The molecule has 0 saturated heterocycles. The second-order valence-corrected chi connectivity index (χ2v) is 7.02. The maximum absolute atomic E-state index is 13.3. The van der Waals surface area contributed by atoms with Crippen molar-refractivity contribution in [3.8, 4) is 11.4 Å². The molecule has 0 spiro atoms. The normalized spacial score (nSPS) is 14.7. The standard InChI is InChI=1S/C20H27N3O2S/c1-3-25-16-10-8-15(9-11-16)23-19(14(2)21-12-13-26)22-18-7-5-4-6-17(18)20(23)24/h8-11,14,21,26H,3-7,12-13H2,1-2H3/t14-/m1/s1. The molecule has 140 valence electrons. The van der Waals surface area contributed by atoms with Gasteiger partial charge < -0.3 is 10.1 Å². The third kappa shape index (κ3) is 3.96. The van der Waals surface area contributed by atoms with Crippen molar-refractivity contribution in [2.75, 3.05) is 18.9 Å². The minimum absolute atomic E-state index is 0.0337. The number of aromatic nitrogens is 2. The quantitative estimate of drug-likeness (QED) is 0.733. The first-order chi connectivity index (χ1) is 12.7. The van der Waals surface area contributed by atoms with Gasteiger partial charge in [0.25, 0.3) is 5.56 Å². The summed E-state index contributed by atoms with van der Waals surface area (Å²) in [4.78, 5) is 18.2. The minimum Gasteiger partial charge on any atom is -0.494 e. The molecule has 0 saturated carbocycles. The highest BCUT2D eigenvalue weighted by Crippen LogP contribution is 2.22. The molecule has 1 aromatic carbocycles. The van der Waals surface area contributed by atoms with E-state index in [-0.39, 0.29) is 11.6 Å². The van der Waals surface area contributed by atoms with Gasteiger partial charge in [0, 0.05) is 17.9 Å². The molecule has 1 N–H and O–H groups in total. The van der Waals surface area contributed by atoms with Crippen molar-refractivity contribution >= 4 is 12.6 Å². The summed E-state index contributed by atoms with van der Waals surface area (Å²) in [6.45, 7) is 5.39. The fourth-order valence-electron chi connectivity index (χ4n) is 3.44. The monoisotopic (exact) mass is 373 g/mol. The summed E-state index contributed by atoms with van der Waals surface area (Å²) in [5.41, 5.74) is 2.73. The molecule has 26 heavy (non-hydrogen) atoms. The van der Waals surface area contributed by atoms with Crippen molar-refractivity contribution < 1.29 is 4.74 Å². The first-order valence-electron chi connectivity index (χ1n) is 9.38. The van der Waals surface area contributed by atoms with Crippen molar-refractivity contribution in [3.05, 3.63) is 51.7 Å². The van der Waals surface area contributed by atoms with Crippen molar-refractivity contribution in [1.29, 1.82) is 0 Å². The number of nitrogens with zero attached hydrogens (tertiary/aromatic N) is 2. The van der Waals surface area contributed by atoms with Crippen LogP contribution in [-0.4, -0.2) is 28.5 Å². The first kappa shape index (κ1) is 19.0. The summed E-state index contributed by atoms with van der Waals surface area (Å²) in [5, 5.41) is 3.40. The van der Waals surface area contributed by atoms with Crippen LogP contribution >= 0.6 is 12.6 Å². The SMILES string of the molecule is CCOc1ccc(-n2c([C@@H](C)NCCS)nc3c(c2=O)CCCC3)cc1. The molecule has 1 atom stereocenters. The Morgan fingerprint density at radius 1 is 1.27 bits per heavy atom. The van der Waals surface area contributed by atoms with Crippen LogP contribution in [-0.2, 0) is 12.8 Å². The van der Waals surface area contributed by atoms with Crippen molar-refractivity contribution in [2.24, 2.45) is 0 Å². The lowest BCUT2D eigenvalue weighted by Crippen LogP contribution is -2.34. The van der Waals surface area contributed by atoms with Crippen LogP contribution < -0.4 is 15.6 Å². The fourth-order valence-corrected chi connectivity index (χ4v) is 3.57. The summed E-state index contributed by atoms with van der Waals surface area (Å²) in [7, 11) is 0. The number of hydrogen-bond acceptors (Lipinski definition) is 5. The Bertz CT molecular complexity index is 802. The summed E-state index contributed by atoms with van der Waals surface area (Å²) in [5.74, 6) is 2.31. The van der Waals surface area contributed by atoms with Crippen molar-refractivity contribution in [2.45, 2.75) is 45.6 Å². The zero-order valence-electron chi connectivity index (χ0n) is 15.5. The Hall–Kier alpha value is -1.79. The molecule has 5 nitrogen and oxygen atoms in total. The second-order valence-electron chi connectivity index (χ2n) is 6.57. The van der Waals surface area contributed by atoms with Crippen molar-refractivity contribution in [3.63, 3.8) is 0 Å². The molecule has 1 aromatic heterocycles. The summed E-state index contributed by atoms with van der Waals surface area (Å²) in [6.07, 6.45) is 3.86. The van der Waals surface area contributed by atoms with Gasteiger partial charge in [0.05, 0.1) is 24.0 Å². The van der Waals surface area contributed by atoms with Gasteiger partial charge in [-0.25, -0.2) is 4.98 Å². The number of thiol groups is 1. The number of ether oxygens (including phenoxy) is 1. The van der Waals surface area contributed by atoms with Crippen LogP contribution in [0.3, 0.4) is 0 Å². The van der Waals surface area contributed by atoms with Crippen LogP contribution in [0, 0.1) is 0 Å². The maximum Gasteiger partial charge on any atom is 0.261 e. The van der Waals surface area contributed by atoms with Gasteiger partial charge in [0.2, 0.25) is 0 Å². The van der Waals surface area contributed by atoms with Crippen LogP contribution in [0.2, 0.25) is 0 Å². The van der Waals surface area contributed by atoms with E-state index in [0.717, 1.165) is 66.5 Å². The number of hydrogen-bond donors (Lipinski definition) is 2. The van der Waals surface area contributed by atoms with Gasteiger partial charge in [-0.15, -0.1) is 0 Å². The number of aryl methyl sites for hydroxylation is 1. The van der Waals surface area contributed by atoms with Gasteiger partial charge in [-0.2, -0.15) is 12.6 Å². The Kier molecular flexibility index (Phi) is 6.38. The van der Waals surface area contributed by atoms with E-state index < -0.39 is 0 Å². The van der Waals surface area contributed by atoms with Crippen LogP contribution in [0.1, 0.15) is 49.8 Å². The van der Waals surface area contributed by atoms with E-state index in [1.165, 1.54) is 0 Å². The molecule has 0 amide bonds. The topological polar surface area (TPSA) is 56.1 Å². The van der Waals surface area contributed by atoms with Crippen LogP contribution in [0.5, 0.6) is 5.75 Å². The van der Waals surface area contributed by atoms with Crippen molar-refractivity contribution in [1.82, 2.24) is 14.9 Å². The molecule has 1 heterocycles. The lowest BCUT2D eigenvalue weighted by molar-refractivity contribution is 0.340. The Balaban J connectivity index is 2.09. The van der Waals surface area contributed by atoms with Crippen LogP contribution in [0.25, 0.3) is 5.69 Å². The molecule has 1 aliphatic carbocycles. The number of fused-ring (bicyclic) bond motifs is 1. The highest BCUT2D eigenvalue weighted by atomic mass is 32.1. The van der Waals surface area contributed by atoms with Gasteiger partial charge in [0.1, 0.15) is 11.6 Å². The van der Waals surface area contributed by atoms with Crippen LogP contribution in [0.15, 0.2) is 29.1 Å². The Morgan fingerprint density at radius 3 is 2.69 bits per heavy atom. The zero-order valence-corrected chi connectivity index (χ0v) is 16.4. The average molecular weight is 374 g/mol. The molecule has 2 aromatic rings. The highest BCUT2D eigenvalue weighted by molar-refractivity contribution is 7.80. The minimum atomic E-state index is -0.0337. The second kappa shape index (κ2) is 8.73. The van der Waals surface area contributed by atoms with Gasteiger partial charge in [-0.3, -0.25) is 9.36 Å². The lowest BCUT2D eigenvalue weighted by Gasteiger charge is -2.23. The van der Waals surface area contributed by atoms with E-state index in [1.54, 1.807) is 4.57 Å². The third-order valence-corrected chi connectivity index (χ3v) is 4.96. The molecule has 0 bridgehead atoms. The first-order valence-corrected chi connectivity index (χ1v) is 10.0. The average Bonchev–Trinajstić information content (AvgIpc) is 2.67. The Morgan fingerprint density at radius 2 is 2.00 bits per heavy atom. The van der Waals surface area contributed by atoms with Crippen LogP contribution in [0.4, 0.5) is 0 Å². The molecule has 6 heteroatoms. The smallest absolute Gasteiger partial charge is 0.261 e. The van der Waals surface area contributed by atoms with E-state index in [2.05, 4.69) is 17.9 Å². The molecule has 0 aliphatic heterocycles. The van der Waals surface area contributed by atoms with Gasteiger partial charge in [0.15, 0.2) is 0 Å². The zero-order chi connectivity index (χ0) is 18.5. The number of benzene rings is 1. The molecule has 3 rings (SSSR count). The summed E-state index contributed by atoms with van der Waals surface area (Å²) >= 11 is 4.27. The van der Waals surface area contributed by atoms with Gasteiger partial charge in [-0.1, -0.05) is 0 Å². The predicted octanol–water partition coefficient (Wildman–Crippen LogP) is 3.09. The molecular weight excluding hydrogens is 346 g/mol. The summed E-state index contributed by atoms with van der Waals surface area (Å²) < 4.78 is 7.28. The van der Waals surface area contributed by atoms with Gasteiger partial charge >= 0.3 is 0 Å². The molecule has 1 aliphatic rings.